The average Bonchev–Trinajstić information content (AvgIpc) is 3.11. The van der Waals surface area contributed by atoms with Crippen LogP contribution < -0.4 is 0 Å². The van der Waals surface area contributed by atoms with Gasteiger partial charge in [0.05, 0.1) is 19.3 Å². The van der Waals surface area contributed by atoms with Gasteiger partial charge >= 0.3 is 0 Å². The molecule has 0 aromatic rings. The van der Waals surface area contributed by atoms with E-state index in [1.54, 1.807) is 0 Å². The molecule has 5 heteroatoms. The molecule has 0 radical (unpaired) electrons. The molecule has 0 aromatic heterocycles. The molecule has 4 aliphatic rings. The second-order valence-electron chi connectivity index (χ2n) is 12.9. The maximum absolute atomic E-state index is 10.9. The highest BCUT2D eigenvalue weighted by Crippen LogP contribution is 2.70. The van der Waals surface area contributed by atoms with Crippen LogP contribution in [0.2, 0.25) is 0 Å². The zero-order valence-corrected chi connectivity index (χ0v) is 21.1. The molecule has 1 heterocycles. The topological polar surface area (TPSA) is 79.2 Å². The van der Waals surface area contributed by atoms with E-state index >= 15 is 0 Å². The predicted molar refractivity (Wildman–Crippen MR) is 125 cm³/mol. The van der Waals surface area contributed by atoms with E-state index in [1.165, 1.54) is 25.7 Å². The van der Waals surface area contributed by atoms with Crippen LogP contribution >= 0.6 is 0 Å². The number of fused-ring (bicyclic) bond motifs is 5. The van der Waals surface area contributed by atoms with Gasteiger partial charge in [-0.3, -0.25) is 0 Å². The summed E-state index contributed by atoms with van der Waals surface area (Å²) in [6.45, 7) is 11.5. The summed E-state index contributed by atoms with van der Waals surface area (Å²) in [5, 5.41) is 31.6. The van der Waals surface area contributed by atoms with Crippen LogP contribution in [-0.4, -0.2) is 45.8 Å². The first-order valence-electron chi connectivity index (χ1n) is 13.3. The van der Waals surface area contributed by atoms with Crippen LogP contribution in [0.1, 0.15) is 98.8 Å². The largest absolute Gasteiger partial charge is 0.393 e. The zero-order valence-electron chi connectivity index (χ0n) is 21.1. The molecule has 4 fully saturated rings. The Kier molecular flexibility index (Phi) is 6.84. The lowest BCUT2D eigenvalue weighted by molar-refractivity contribution is -0.516. The molecule has 3 aliphatic carbocycles. The summed E-state index contributed by atoms with van der Waals surface area (Å²) >= 11 is 0. The van der Waals surface area contributed by atoms with E-state index in [0.717, 1.165) is 38.0 Å². The van der Waals surface area contributed by atoms with Crippen molar-refractivity contribution in [3.8, 4) is 0 Å². The average molecular weight is 453 g/mol. The van der Waals surface area contributed by atoms with Crippen LogP contribution in [0.5, 0.6) is 0 Å². The van der Waals surface area contributed by atoms with Crippen LogP contribution in [0, 0.1) is 40.4 Å². The minimum Gasteiger partial charge on any atom is -0.393 e. The molecule has 0 amide bonds. The molecule has 4 rings (SSSR count). The summed E-state index contributed by atoms with van der Waals surface area (Å²) in [4.78, 5) is 12.4. The molecule has 0 aromatic carbocycles. The molecule has 1 saturated heterocycles. The molecule has 32 heavy (non-hydrogen) atoms. The molecule has 5 nitrogen and oxygen atoms in total. The van der Waals surface area contributed by atoms with Gasteiger partial charge < -0.3 is 15.3 Å². The van der Waals surface area contributed by atoms with Crippen LogP contribution in [0.15, 0.2) is 0 Å². The van der Waals surface area contributed by atoms with Gasteiger partial charge in [0.1, 0.15) is 11.2 Å². The summed E-state index contributed by atoms with van der Waals surface area (Å²) in [7, 11) is 0. The third kappa shape index (κ3) is 3.52. The van der Waals surface area contributed by atoms with Gasteiger partial charge in [0.15, 0.2) is 0 Å². The summed E-state index contributed by atoms with van der Waals surface area (Å²) in [5.74, 6) is 2.48. The minimum absolute atomic E-state index is 0.0357. The Balaban J connectivity index is 1.61. The third-order valence-corrected chi connectivity index (χ3v) is 10.9. The van der Waals surface area contributed by atoms with Crippen molar-refractivity contribution < 1.29 is 25.1 Å². The van der Waals surface area contributed by atoms with Crippen LogP contribution in [0.3, 0.4) is 0 Å². The molecular formula is C27H48O5. The fourth-order valence-electron chi connectivity index (χ4n) is 9.03. The minimum atomic E-state index is -0.885. The third-order valence-electron chi connectivity index (χ3n) is 10.9. The molecule has 0 bridgehead atoms. The first-order valence-corrected chi connectivity index (χ1v) is 13.3. The highest BCUT2D eigenvalue weighted by Gasteiger charge is 2.73. The second kappa shape index (κ2) is 8.78. The van der Waals surface area contributed by atoms with E-state index in [0.29, 0.717) is 18.3 Å². The van der Waals surface area contributed by atoms with Crippen molar-refractivity contribution in [3.05, 3.63) is 0 Å². The van der Waals surface area contributed by atoms with Crippen LogP contribution in [0.25, 0.3) is 0 Å². The number of aliphatic hydroxyl groups excluding tert-OH is 3. The number of hydrogen-bond donors (Lipinski definition) is 3. The Morgan fingerprint density at radius 3 is 2.28 bits per heavy atom. The summed E-state index contributed by atoms with van der Waals surface area (Å²) < 4.78 is 0. The van der Waals surface area contributed by atoms with Crippen molar-refractivity contribution in [1.82, 2.24) is 0 Å². The van der Waals surface area contributed by atoms with E-state index < -0.39 is 17.3 Å². The number of aliphatic hydroxyl groups is 3. The smallest absolute Gasteiger partial charge is 0.135 e. The molecular weight excluding hydrogens is 404 g/mol. The molecule has 0 unspecified atom stereocenters. The van der Waals surface area contributed by atoms with Gasteiger partial charge in [-0.1, -0.05) is 53.9 Å². The molecule has 186 valence electrons. The Hall–Kier alpha value is -0.200. The van der Waals surface area contributed by atoms with Crippen molar-refractivity contribution in [2.24, 2.45) is 40.4 Å². The van der Waals surface area contributed by atoms with Gasteiger partial charge in [0, 0.05) is 17.8 Å². The van der Waals surface area contributed by atoms with Crippen molar-refractivity contribution in [2.75, 3.05) is 13.2 Å². The highest BCUT2D eigenvalue weighted by atomic mass is 17.2. The molecule has 1 aliphatic heterocycles. The number of rotatable bonds is 7. The Labute approximate surface area is 195 Å². The maximum Gasteiger partial charge on any atom is 0.135 e. The van der Waals surface area contributed by atoms with Crippen LogP contribution in [-0.2, 0) is 9.78 Å². The normalized spacial score (nSPS) is 49.4. The van der Waals surface area contributed by atoms with Gasteiger partial charge in [0.2, 0.25) is 0 Å². The lowest BCUT2D eigenvalue weighted by Gasteiger charge is -2.67. The summed E-state index contributed by atoms with van der Waals surface area (Å²) in [6.07, 6.45) is 9.71. The zero-order chi connectivity index (χ0) is 23.4. The van der Waals surface area contributed by atoms with E-state index in [2.05, 4.69) is 34.6 Å². The lowest BCUT2D eigenvalue weighted by atomic mass is 9.45. The summed E-state index contributed by atoms with van der Waals surface area (Å²) in [6, 6.07) is 0. The van der Waals surface area contributed by atoms with E-state index in [1.807, 2.05) is 0 Å². The van der Waals surface area contributed by atoms with Gasteiger partial charge in [-0.05, 0) is 67.6 Å². The van der Waals surface area contributed by atoms with E-state index in [9.17, 15) is 15.3 Å². The molecule has 9 atom stereocenters. The Morgan fingerprint density at radius 2 is 1.62 bits per heavy atom. The predicted octanol–water partition coefficient (Wildman–Crippen LogP) is 4.87. The van der Waals surface area contributed by atoms with Crippen molar-refractivity contribution >= 4 is 0 Å². The van der Waals surface area contributed by atoms with Crippen molar-refractivity contribution in [1.29, 1.82) is 0 Å². The Bertz CT molecular complexity index is 668. The number of hydrogen-bond acceptors (Lipinski definition) is 5. The van der Waals surface area contributed by atoms with E-state index in [-0.39, 0.29) is 35.9 Å². The summed E-state index contributed by atoms with van der Waals surface area (Å²) in [5.41, 5.74) is -1.77. The SMILES string of the molecule is CC(C)CCC[C@@H](C)[C@H]1CC[C@@H]2[C@]1(C)CC[C@H]1[C@@]2(CO)OO[C@]2(CO)C[C@@H](O)CC[C@]12C. The van der Waals surface area contributed by atoms with E-state index in [4.69, 9.17) is 9.78 Å². The van der Waals surface area contributed by atoms with Gasteiger partial charge in [0.25, 0.3) is 0 Å². The standard InChI is InChI=1S/C27H48O5/c1-18(2)7-6-8-19(3)21-9-10-22-24(21,4)13-12-23-25(5)14-11-20(30)15-26(25,16-28)31-32-27(22,23)17-29/h18-23,28-30H,6-17H2,1-5H3/t19-,20+,21-,22-,23-,24-,25-,26+,27+/m1/s1. The van der Waals surface area contributed by atoms with Crippen molar-refractivity contribution in [3.63, 3.8) is 0 Å². The molecule has 0 spiro atoms. The van der Waals surface area contributed by atoms with Crippen LogP contribution in [0.4, 0.5) is 0 Å². The van der Waals surface area contributed by atoms with Crippen molar-refractivity contribution in [2.45, 2.75) is 116 Å². The van der Waals surface area contributed by atoms with Gasteiger partial charge in [-0.25, -0.2) is 9.78 Å². The Morgan fingerprint density at radius 1 is 0.875 bits per heavy atom. The fraction of sp³-hybridized carbons (Fsp3) is 1.00. The lowest BCUT2D eigenvalue weighted by Crippen LogP contribution is -2.73. The first kappa shape index (κ1) is 24.9. The maximum atomic E-state index is 10.9. The first-order chi connectivity index (χ1) is 15.1. The highest BCUT2D eigenvalue weighted by molar-refractivity contribution is 5.19. The molecule has 3 N–H and O–H groups in total. The monoisotopic (exact) mass is 452 g/mol. The quantitative estimate of drug-likeness (QED) is 0.481. The van der Waals surface area contributed by atoms with Gasteiger partial charge in [-0.15, -0.1) is 0 Å². The second-order valence-corrected chi connectivity index (χ2v) is 12.9. The fourth-order valence-corrected chi connectivity index (χ4v) is 9.03. The van der Waals surface area contributed by atoms with Gasteiger partial charge in [-0.2, -0.15) is 0 Å². The molecule has 3 saturated carbocycles.